The highest BCUT2D eigenvalue weighted by molar-refractivity contribution is 6.36. The molecule has 2 rings (SSSR count). The molecule has 0 fully saturated rings. The quantitative estimate of drug-likeness (QED) is 0.299. The van der Waals surface area contributed by atoms with Gasteiger partial charge in [0.25, 0.3) is 0 Å². The Morgan fingerprint density at radius 3 is 2.31 bits per heavy atom. The molecule has 192 valence electrons. The van der Waals surface area contributed by atoms with Gasteiger partial charge in [0.05, 0.1) is 17.3 Å². The standard InChI is InChI=1S/C26H34Cl2N2O5/c1-4-18(5-2)17-30(26(33)29-23-12-9-20(27)16-22(23)28)13-14-35-21-10-7-19(8-11-21)15-24(25(31)32)34-6-3/h7-12,16,18,24H,4-6,13-15,17H2,1-3H3,(H,29,33)(H,31,32). The van der Waals surface area contributed by atoms with E-state index in [1.165, 1.54) is 0 Å². The third-order valence-electron chi connectivity index (χ3n) is 5.71. The Kier molecular flexibility index (Phi) is 12.2. The maximum Gasteiger partial charge on any atom is 0.333 e. The molecule has 0 aliphatic heterocycles. The number of carbonyl (C=O) groups excluding carboxylic acids is 1. The number of benzene rings is 2. The molecule has 0 spiro atoms. The molecule has 0 heterocycles. The van der Waals surface area contributed by atoms with Crippen LogP contribution < -0.4 is 10.1 Å². The zero-order valence-corrected chi connectivity index (χ0v) is 21.9. The minimum absolute atomic E-state index is 0.254. The van der Waals surface area contributed by atoms with Crippen molar-refractivity contribution >= 4 is 40.9 Å². The number of amides is 2. The lowest BCUT2D eigenvalue weighted by atomic mass is 10.0. The number of hydrogen-bond donors (Lipinski definition) is 2. The number of aliphatic carboxylic acids is 1. The fourth-order valence-electron chi connectivity index (χ4n) is 3.55. The minimum atomic E-state index is -0.983. The molecule has 1 atom stereocenters. The molecule has 0 saturated carbocycles. The Morgan fingerprint density at radius 1 is 1.06 bits per heavy atom. The van der Waals surface area contributed by atoms with Crippen LogP contribution in [0.3, 0.4) is 0 Å². The topological polar surface area (TPSA) is 88.1 Å². The van der Waals surface area contributed by atoms with Gasteiger partial charge in [-0.15, -0.1) is 0 Å². The van der Waals surface area contributed by atoms with Gasteiger partial charge in [-0.1, -0.05) is 62.0 Å². The summed E-state index contributed by atoms with van der Waals surface area (Å²) in [5.41, 5.74) is 1.34. The van der Waals surface area contributed by atoms with Crippen molar-refractivity contribution in [1.29, 1.82) is 0 Å². The molecular weight excluding hydrogens is 491 g/mol. The fraction of sp³-hybridized carbons (Fsp3) is 0.462. The third-order valence-corrected chi connectivity index (χ3v) is 6.26. The highest BCUT2D eigenvalue weighted by Crippen LogP contribution is 2.26. The SMILES string of the molecule is CCOC(Cc1ccc(OCCN(CC(CC)CC)C(=O)Nc2ccc(Cl)cc2Cl)cc1)C(=O)O. The number of rotatable bonds is 14. The fourth-order valence-corrected chi connectivity index (χ4v) is 4.00. The van der Waals surface area contributed by atoms with Gasteiger partial charge in [0.15, 0.2) is 6.10 Å². The first kappa shape index (κ1) is 28.8. The van der Waals surface area contributed by atoms with Crippen LogP contribution in [0.15, 0.2) is 42.5 Å². The Hall–Kier alpha value is -2.48. The van der Waals surface area contributed by atoms with Gasteiger partial charge in [0, 0.05) is 24.6 Å². The van der Waals surface area contributed by atoms with E-state index in [0.717, 1.165) is 18.4 Å². The molecule has 0 aliphatic rings. The smallest absolute Gasteiger partial charge is 0.333 e. The van der Waals surface area contributed by atoms with Crippen molar-refractivity contribution in [2.24, 2.45) is 5.92 Å². The summed E-state index contributed by atoms with van der Waals surface area (Å²) in [6.07, 6.45) is 1.32. The van der Waals surface area contributed by atoms with Gasteiger partial charge in [0.1, 0.15) is 12.4 Å². The van der Waals surface area contributed by atoms with E-state index in [2.05, 4.69) is 19.2 Å². The van der Waals surface area contributed by atoms with Crippen molar-refractivity contribution in [3.63, 3.8) is 0 Å². The van der Waals surface area contributed by atoms with E-state index >= 15 is 0 Å². The summed E-state index contributed by atoms with van der Waals surface area (Å²) in [6.45, 7) is 7.61. The molecule has 2 amide bonds. The van der Waals surface area contributed by atoms with Gasteiger partial charge < -0.3 is 24.8 Å². The van der Waals surface area contributed by atoms with Gasteiger partial charge in [-0.05, 0) is 48.7 Å². The van der Waals surface area contributed by atoms with E-state index in [0.29, 0.717) is 53.7 Å². The predicted molar refractivity (Wildman–Crippen MR) is 140 cm³/mol. The van der Waals surface area contributed by atoms with Crippen molar-refractivity contribution in [2.75, 3.05) is 31.6 Å². The summed E-state index contributed by atoms with van der Waals surface area (Å²) in [5, 5.41) is 13.0. The molecule has 1 unspecified atom stereocenters. The minimum Gasteiger partial charge on any atom is -0.492 e. The number of halogens is 2. The normalized spacial score (nSPS) is 11.8. The first-order valence-corrected chi connectivity index (χ1v) is 12.6. The maximum absolute atomic E-state index is 13.0. The van der Waals surface area contributed by atoms with Crippen LogP contribution in [0.1, 0.15) is 39.2 Å². The third kappa shape index (κ3) is 9.59. The van der Waals surface area contributed by atoms with Gasteiger partial charge in [-0.25, -0.2) is 9.59 Å². The van der Waals surface area contributed by atoms with Gasteiger partial charge >= 0.3 is 12.0 Å². The van der Waals surface area contributed by atoms with Crippen molar-refractivity contribution in [2.45, 2.75) is 46.1 Å². The Balaban J connectivity index is 1.98. The lowest BCUT2D eigenvalue weighted by Gasteiger charge is -2.27. The Bertz CT molecular complexity index is 951. The predicted octanol–water partition coefficient (Wildman–Crippen LogP) is 6.37. The second-order valence-corrected chi connectivity index (χ2v) is 9.01. The first-order chi connectivity index (χ1) is 16.8. The lowest BCUT2D eigenvalue weighted by molar-refractivity contribution is -0.149. The summed E-state index contributed by atoms with van der Waals surface area (Å²) in [7, 11) is 0. The number of carboxylic acids is 1. The van der Waals surface area contributed by atoms with E-state index in [1.807, 2.05) is 12.1 Å². The molecule has 2 aromatic rings. The van der Waals surface area contributed by atoms with Crippen LogP contribution in [0.2, 0.25) is 10.0 Å². The number of ether oxygens (including phenoxy) is 2. The van der Waals surface area contributed by atoms with Crippen LogP contribution in [0.5, 0.6) is 5.75 Å². The summed E-state index contributed by atoms with van der Waals surface area (Å²) >= 11 is 12.2. The van der Waals surface area contributed by atoms with Gasteiger partial charge in [-0.2, -0.15) is 0 Å². The van der Waals surface area contributed by atoms with Crippen molar-refractivity contribution in [3.8, 4) is 5.75 Å². The van der Waals surface area contributed by atoms with Crippen molar-refractivity contribution in [3.05, 3.63) is 58.1 Å². The molecule has 2 aromatic carbocycles. The van der Waals surface area contributed by atoms with E-state index in [1.54, 1.807) is 42.2 Å². The molecule has 0 aromatic heterocycles. The first-order valence-electron chi connectivity index (χ1n) is 11.8. The van der Waals surface area contributed by atoms with Gasteiger partial charge in [0.2, 0.25) is 0 Å². The Labute approximate surface area is 217 Å². The Morgan fingerprint density at radius 2 is 1.74 bits per heavy atom. The summed E-state index contributed by atoms with van der Waals surface area (Å²) in [6, 6.07) is 11.9. The summed E-state index contributed by atoms with van der Waals surface area (Å²) in [4.78, 5) is 26.0. The molecule has 0 bridgehead atoms. The monoisotopic (exact) mass is 524 g/mol. The second-order valence-electron chi connectivity index (χ2n) is 8.16. The highest BCUT2D eigenvalue weighted by atomic mass is 35.5. The largest absolute Gasteiger partial charge is 0.492 e. The lowest BCUT2D eigenvalue weighted by Crippen LogP contribution is -2.41. The number of anilines is 1. The average Bonchev–Trinajstić information content (AvgIpc) is 2.83. The number of carboxylic acid groups (broad SMARTS) is 1. The van der Waals surface area contributed by atoms with Crippen LogP contribution >= 0.6 is 23.2 Å². The summed E-state index contributed by atoms with van der Waals surface area (Å²) < 4.78 is 11.1. The number of urea groups is 1. The molecule has 2 N–H and O–H groups in total. The number of nitrogens with one attached hydrogen (secondary N) is 1. The second kappa shape index (κ2) is 14.8. The van der Waals surface area contributed by atoms with Crippen LogP contribution in [0.25, 0.3) is 0 Å². The van der Waals surface area contributed by atoms with Crippen LogP contribution in [-0.4, -0.2) is 54.4 Å². The van der Waals surface area contributed by atoms with E-state index < -0.39 is 12.1 Å². The highest BCUT2D eigenvalue weighted by Gasteiger charge is 2.20. The molecule has 0 saturated heterocycles. The molecule has 0 aliphatic carbocycles. The zero-order valence-electron chi connectivity index (χ0n) is 20.4. The van der Waals surface area contributed by atoms with Crippen molar-refractivity contribution < 1.29 is 24.2 Å². The molecular formula is C26H34Cl2N2O5. The zero-order chi connectivity index (χ0) is 25.8. The van der Waals surface area contributed by atoms with Crippen LogP contribution in [-0.2, 0) is 16.0 Å². The maximum atomic E-state index is 13.0. The number of carbonyl (C=O) groups is 2. The van der Waals surface area contributed by atoms with E-state index in [9.17, 15) is 14.7 Å². The molecule has 9 heteroatoms. The van der Waals surface area contributed by atoms with Crippen LogP contribution in [0.4, 0.5) is 10.5 Å². The number of nitrogens with zero attached hydrogens (tertiary/aromatic N) is 1. The number of hydrogen-bond acceptors (Lipinski definition) is 4. The van der Waals surface area contributed by atoms with E-state index in [4.69, 9.17) is 32.7 Å². The van der Waals surface area contributed by atoms with E-state index in [-0.39, 0.29) is 12.5 Å². The molecule has 7 nitrogen and oxygen atoms in total. The average molecular weight is 525 g/mol. The molecule has 35 heavy (non-hydrogen) atoms. The summed E-state index contributed by atoms with van der Waals surface area (Å²) in [5.74, 6) is 0.0248. The van der Waals surface area contributed by atoms with Crippen LogP contribution in [0, 0.1) is 5.92 Å². The van der Waals surface area contributed by atoms with Gasteiger partial charge in [-0.3, -0.25) is 0 Å². The molecule has 0 radical (unpaired) electrons. The van der Waals surface area contributed by atoms with Crippen molar-refractivity contribution in [1.82, 2.24) is 4.90 Å².